The molecule has 0 saturated carbocycles. The monoisotopic (exact) mass is 372 g/mol. The third-order valence-electron chi connectivity index (χ3n) is 3.51. The van der Waals surface area contributed by atoms with Crippen molar-refractivity contribution in [3.05, 3.63) is 59.0 Å². The Morgan fingerprint density at radius 1 is 1.08 bits per heavy atom. The van der Waals surface area contributed by atoms with Crippen LogP contribution in [0.2, 0.25) is 0 Å². The van der Waals surface area contributed by atoms with Crippen molar-refractivity contribution in [3.8, 4) is 11.5 Å². The Morgan fingerprint density at radius 2 is 1.80 bits per heavy atom. The van der Waals surface area contributed by atoms with Crippen LogP contribution >= 0.6 is 24.0 Å². The van der Waals surface area contributed by atoms with Gasteiger partial charge in [-0.25, -0.2) is 5.01 Å². The average Bonchev–Trinajstić information content (AvgIpc) is 2.90. The quantitative estimate of drug-likeness (QED) is 0.634. The van der Waals surface area contributed by atoms with Crippen molar-refractivity contribution in [2.24, 2.45) is 0 Å². The zero-order valence-electron chi connectivity index (χ0n) is 13.7. The molecule has 0 bridgehead atoms. The molecule has 1 heterocycles. The van der Waals surface area contributed by atoms with Gasteiger partial charge in [-0.05, 0) is 48.1 Å². The summed E-state index contributed by atoms with van der Waals surface area (Å²) in [5, 5.41) is 1.38. The molecule has 7 heteroatoms. The number of benzene rings is 2. The third kappa shape index (κ3) is 3.78. The Morgan fingerprint density at radius 3 is 2.48 bits per heavy atom. The number of thiocarbonyl (C=S) groups is 1. The van der Waals surface area contributed by atoms with Gasteiger partial charge in [0.15, 0.2) is 15.8 Å². The first-order valence-corrected chi connectivity index (χ1v) is 8.66. The number of ether oxygens (including phenoxy) is 2. The minimum Gasteiger partial charge on any atom is -0.493 e. The predicted octanol–water partition coefficient (Wildman–Crippen LogP) is 3.93. The fourth-order valence-corrected chi connectivity index (χ4v) is 3.48. The summed E-state index contributed by atoms with van der Waals surface area (Å²) in [6.45, 7) is 0. The lowest BCUT2D eigenvalue weighted by molar-refractivity contribution is -0.121. The average molecular weight is 372 g/mol. The van der Waals surface area contributed by atoms with Crippen molar-refractivity contribution in [2.45, 2.75) is 0 Å². The van der Waals surface area contributed by atoms with E-state index in [4.69, 9.17) is 21.7 Å². The van der Waals surface area contributed by atoms with Crippen LogP contribution < -0.4 is 14.9 Å². The van der Waals surface area contributed by atoms with E-state index in [2.05, 4.69) is 5.43 Å². The van der Waals surface area contributed by atoms with E-state index in [9.17, 15) is 4.79 Å². The van der Waals surface area contributed by atoms with Crippen molar-refractivity contribution < 1.29 is 14.3 Å². The molecule has 1 aliphatic rings. The number of nitrogens with zero attached hydrogens (tertiary/aromatic N) is 1. The van der Waals surface area contributed by atoms with E-state index < -0.39 is 0 Å². The topological polar surface area (TPSA) is 50.8 Å². The first-order chi connectivity index (χ1) is 12.1. The number of amides is 1. The lowest BCUT2D eigenvalue weighted by atomic mass is 10.2. The Kier molecular flexibility index (Phi) is 5.25. The molecular weight excluding hydrogens is 356 g/mol. The summed E-state index contributed by atoms with van der Waals surface area (Å²) < 4.78 is 11.0. The molecule has 5 nitrogen and oxygen atoms in total. The predicted molar refractivity (Wildman–Crippen MR) is 105 cm³/mol. The molecule has 0 aromatic heterocycles. The summed E-state index contributed by atoms with van der Waals surface area (Å²) in [5.74, 6) is 1.06. The number of methoxy groups -OCH3 is 2. The highest BCUT2D eigenvalue weighted by Crippen LogP contribution is 2.34. The van der Waals surface area contributed by atoms with Crippen LogP contribution in [0.5, 0.6) is 11.5 Å². The van der Waals surface area contributed by atoms with E-state index in [0.29, 0.717) is 20.7 Å². The number of nitrogens with one attached hydrogen (secondary N) is 1. The first-order valence-electron chi connectivity index (χ1n) is 7.44. The Hall–Kier alpha value is -2.51. The van der Waals surface area contributed by atoms with Gasteiger partial charge in [-0.2, -0.15) is 0 Å². The summed E-state index contributed by atoms with van der Waals surface area (Å²) in [5.41, 5.74) is 4.66. The summed E-state index contributed by atoms with van der Waals surface area (Å²) in [7, 11) is 3.16. The molecular formula is C18H16N2O3S2. The smallest absolute Gasteiger partial charge is 0.285 e. The number of thioether (sulfide) groups is 1. The van der Waals surface area contributed by atoms with Crippen molar-refractivity contribution in [1.82, 2.24) is 5.01 Å². The van der Waals surface area contributed by atoms with Gasteiger partial charge in [-0.15, -0.1) is 0 Å². The van der Waals surface area contributed by atoms with Gasteiger partial charge < -0.3 is 9.47 Å². The van der Waals surface area contributed by atoms with E-state index in [1.807, 2.05) is 42.5 Å². The van der Waals surface area contributed by atoms with E-state index in [1.54, 1.807) is 26.4 Å². The third-order valence-corrected chi connectivity index (χ3v) is 4.82. The highest BCUT2D eigenvalue weighted by Gasteiger charge is 2.32. The fraction of sp³-hybridized carbons (Fsp3) is 0.111. The van der Waals surface area contributed by atoms with Crippen molar-refractivity contribution in [2.75, 3.05) is 19.6 Å². The van der Waals surface area contributed by atoms with Crippen LogP contribution in [0.4, 0.5) is 5.69 Å². The molecule has 128 valence electrons. The number of para-hydroxylation sites is 1. The number of rotatable bonds is 5. The molecule has 1 aliphatic heterocycles. The Labute approximate surface area is 155 Å². The molecule has 1 amide bonds. The summed E-state index contributed by atoms with van der Waals surface area (Å²) in [4.78, 5) is 13.2. The van der Waals surface area contributed by atoms with Crippen LogP contribution in [-0.2, 0) is 4.79 Å². The van der Waals surface area contributed by atoms with Crippen LogP contribution in [-0.4, -0.2) is 29.5 Å². The molecule has 2 aromatic carbocycles. The lowest BCUT2D eigenvalue weighted by Crippen LogP contribution is -2.33. The summed E-state index contributed by atoms with van der Waals surface area (Å²) in [6.07, 6.45) is 1.79. The number of carbonyl (C=O) groups excluding carboxylic acids is 1. The summed E-state index contributed by atoms with van der Waals surface area (Å²) in [6, 6.07) is 14.9. The van der Waals surface area contributed by atoms with Gasteiger partial charge in [-0.1, -0.05) is 36.0 Å². The minimum atomic E-state index is -0.186. The number of hydrogen-bond acceptors (Lipinski definition) is 6. The highest BCUT2D eigenvalue weighted by atomic mass is 32.2. The molecule has 2 aromatic rings. The highest BCUT2D eigenvalue weighted by molar-refractivity contribution is 8.26. The zero-order chi connectivity index (χ0) is 17.8. The molecule has 25 heavy (non-hydrogen) atoms. The van der Waals surface area contributed by atoms with E-state index in [-0.39, 0.29) is 5.91 Å². The van der Waals surface area contributed by atoms with E-state index in [0.717, 1.165) is 11.3 Å². The molecule has 0 aliphatic carbocycles. The van der Waals surface area contributed by atoms with Gasteiger partial charge in [0, 0.05) is 0 Å². The normalized spacial score (nSPS) is 15.6. The Bertz CT molecular complexity index is 837. The maximum atomic E-state index is 12.6. The van der Waals surface area contributed by atoms with Crippen LogP contribution in [0.3, 0.4) is 0 Å². The maximum Gasteiger partial charge on any atom is 0.285 e. The molecule has 1 fully saturated rings. The number of hydrazine groups is 1. The number of anilines is 1. The van der Waals surface area contributed by atoms with E-state index in [1.165, 1.54) is 16.8 Å². The minimum absolute atomic E-state index is 0.186. The molecule has 0 radical (unpaired) electrons. The standard InChI is InChI=1S/C18H16N2O3S2/c1-22-14-9-8-12(10-15(14)23-2)11-16-17(21)20(18(24)25-16)19-13-6-4-3-5-7-13/h3-11,19H,1-2H3. The van der Waals surface area contributed by atoms with E-state index >= 15 is 0 Å². The van der Waals surface area contributed by atoms with Crippen LogP contribution in [0.1, 0.15) is 5.56 Å². The lowest BCUT2D eigenvalue weighted by Gasteiger charge is -2.16. The second-order valence-electron chi connectivity index (χ2n) is 5.11. The van der Waals surface area contributed by atoms with Crippen molar-refractivity contribution in [3.63, 3.8) is 0 Å². The van der Waals surface area contributed by atoms with Gasteiger partial charge in [0.2, 0.25) is 0 Å². The van der Waals surface area contributed by atoms with Gasteiger partial charge >= 0.3 is 0 Å². The van der Waals surface area contributed by atoms with Gasteiger partial charge in [-0.3, -0.25) is 10.2 Å². The second kappa shape index (κ2) is 7.58. The molecule has 0 atom stereocenters. The Balaban J connectivity index is 1.83. The molecule has 3 rings (SSSR count). The molecule has 1 saturated heterocycles. The number of hydrogen-bond donors (Lipinski definition) is 1. The van der Waals surface area contributed by atoms with Crippen molar-refractivity contribution >= 4 is 46.0 Å². The second-order valence-corrected chi connectivity index (χ2v) is 6.79. The largest absolute Gasteiger partial charge is 0.493 e. The van der Waals surface area contributed by atoms with Crippen molar-refractivity contribution in [1.29, 1.82) is 0 Å². The fourth-order valence-electron chi connectivity index (χ4n) is 2.30. The molecule has 1 N–H and O–H groups in total. The van der Waals surface area contributed by atoms with Crippen LogP contribution in [0.25, 0.3) is 6.08 Å². The maximum absolute atomic E-state index is 12.6. The molecule has 0 unspecified atom stereocenters. The van der Waals surface area contributed by atoms with Gasteiger partial charge in [0.05, 0.1) is 24.8 Å². The zero-order valence-corrected chi connectivity index (χ0v) is 15.3. The summed E-state index contributed by atoms with van der Waals surface area (Å²) >= 11 is 6.57. The number of carbonyl (C=O) groups is 1. The first kappa shape index (κ1) is 17.3. The van der Waals surface area contributed by atoms with Crippen LogP contribution in [0, 0.1) is 0 Å². The van der Waals surface area contributed by atoms with Gasteiger partial charge in [0.1, 0.15) is 0 Å². The van der Waals surface area contributed by atoms with Crippen LogP contribution in [0.15, 0.2) is 53.4 Å². The van der Waals surface area contributed by atoms with Gasteiger partial charge in [0.25, 0.3) is 5.91 Å². The SMILES string of the molecule is COc1ccc(C=C2SC(=S)N(Nc3ccccc3)C2=O)cc1OC. The molecule has 0 spiro atoms.